The molecule has 0 aliphatic carbocycles. The molecule has 0 radical (unpaired) electrons. The molecule has 120 valence electrons. The van der Waals surface area contributed by atoms with Gasteiger partial charge in [-0.25, -0.2) is 0 Å². The van der Waals surface area contributed by atoms with Crippen LogP contribution >= 0.6 is 0 Å². The molecule has 1 saturated heterocycles. The van der Waals surface area contributed by atoms with Crippen molar-refractivity contribution in [3.8, 4) is 11.5 Å². The summed E-state index contributed by atoms with van der Waals surface area (Å²) in [6, 6.07) is 5.34. The molecule has 1 fully saturated rings. The predicted molar refractivity (Wildman–Crippen MR) is 87.5 cm³/mol. The van der Waals surface area contributed by atoms with Gasteiger partial charge in [0.15, 0.2) is 11.5 Å². The van der Waals surface area contributed by atoms with Crippen LogP contribution in [0.2, 0.25) is 0 Å². The van der Waals surface area contributed by atoms with Crippen molar-refractivity contribution in [2.24, 2.45) is 11.8 Å². The van der Waals surface area contributed by atoms with E-state index in [9.17, 15) is 4.79 Å². The summed E-state index contributed by atoms with van der Waals surface area (Å²) in [6.07, 6.45) is 2.86. The largest absolute Gasteiger partial charge is 0.493 e. The number of nitrogens with zero attached hydrogens (tertiary/aromatic N) is 1. The summed E-state index contributed by atoms with van der Waals surface area (Å²) < 4.78 is 10.9. The van der Waals surface area contributed by atoms with Crippen LogP contribution < -0.4 is 9.47 Å². The third-order valence-corrected chi connectivity index (χ3v) is 3.92. The maximum absolute atomic E-state index is 12.7. The topological polar surface area (TPSA) is 38.8 Å². The average Bonchev–Trinajstić information content (AvgIpc) is 2.51. The predicted octanol–water partition coefficient (Wildman–Crippen LogP) is 3.38. The van der Waals surface area contributed by atoms with E-state index in [1.807, 2.05) is 4.90 Å². The molecule has 1 aromatic carbocycles. The molecule has 2 atom stereocenters. The van der Waals surface area contributed by atoms with E-state index in [-0.39, 0.29) is 5.91 Å². The molecular weight excluding hydrogens is 278 g/mol. The molecule has 4 nitrogen and oxygen atoms in total. The van der Waals surface area contributed by atoms with Crippen molar-refractivity contribution >= 4 is 5.91 Å². The smallest absolute Gasteiger partial charge is 0.254 e. The molecule has 1 amide bonds. The maximum atomic E-state index is 12.7. The Labute approximate surface area is 132 Å². The van der Waals surface area contributed by atoms with Gasteiger partial charge in [0.05, 0.1) is 7.11 Å². The van der Waals surface area contributed by atoms with Crippen molar-refractivity contribution in [2.45, 2.75) is 20.3 Å². The van der Waals surface area contributed by atoms with Crippen molar-refractivity contribution in [3.05, 3.63) is 36.4 Å². The van der Waals surface area contributed by atoms with E-state index in [1.165, 1.54) is 6.42 Å². The number of hydrogen-bond acceptors (Lipinski definition) is 3. The van der Waals surface area contributed by atoms with E-state index >= 15 is 0 Å². The third-order valence-electron chi connectivity index (χ3n) is 3.92. The molecule has 0 aromatic heterocycles. The quantitative estimate of drug-likeness (QED) is 0.783. The Bertz CT molecular complexity index is 531. The Morgan fingerprint density at radius 2 is 2.00 bits per heavy atom. The number of benzene rings is 1. The zero-order valence-corrected chi connectivity index (χ0v) is 13.7. The highest BCUT2D eigenvalue weighted by atomic mass is 16.5. The summed E-state index contributed by atoms with van der Waals surface area (Å²) in [7, 11) is 1.58. The van der Waals surface area contributed by atoms with Crippen LogP contribution in [-0.2, 0) is 0 Å². The molecule has 0 bridgehead atoms. The molecule has 1 aliphatic rings. The molecule has 2 rings (SSSR count). The Morgan fingerprint density at radius 3 is 2.59 bits per heavy atom. The lowest BCUT2D eigenvalue weighted by Crippen LogP contribution is -2.42. The van der Waals surface area contributed by atoms with Gasteiger partial charge in [0.1, 0.15) is 6.61 Å². The molecule has 1 aliphatic heterocycles. The SMILES string of the molecule is C=CCOc1ccc(C(=O)N2CC(C)CC(C)C2)cc1OC. The van der Waals surface area contributed by atoms with Crippen LogP contribution in [0.25, 0.3) is 0 Å². The van der Waals surface area contributed by atoms with Crippen LogP contribution in [0.5, 0.6) is 11.5 Å². The molecule has 22 heavy (non-hydrogen) atoms. The van der Waals surface area contributed by atoms with Gasteiger partial charge in [-0.2, -0.15) is 0 Å². The lowest BCUT2D eigenvalue weighted by atomic mass is 9.91. The Hall–Kier alpha value is -1.97. The average molecular weight is 303 g/mol. The third kappa shape index (κ3) is 3.81. The first kappa shape index (κ1) is 16.4. The number of methoxy groups -OCH3 is 1. The van der Waals surface area contributed by atoms with E-state index in [0.717, 1.165) is 13.1 Å². The molecule has 1 heterocycles. The minimum absolute atomic E-state index is 0.0620. The minimum Gasteiger partial charge on any atom is -0.493 e. The Morgan fingerprint density at radius 1 is 1.32 bits per heavy atom. The minimum atomic E-state index is 0.0620. The van der Waals surface area contributed by atoms with Crippen LogP contribution in [-0.4, -0.2) is 37.6 Å². The highest BCUT2D eigenvalue weighted by Gasteiger charge is 2.26. The highest BCUT2D eigenvalue weighted by Crippen LogP contribution is 2.29. The highest BCUT2D eigenvalue weighted by molar-refractivity contribution is 5.95. The molecule has 4 heteroatoms. The lowest BCUT2D eigenvalue weighted by molar-refractivity contribution is 0.0622. The summed E-state index contributed by atoms with van der Waals surface area (Å²) in [5.74, 6) is 2.35. The standard InChI is InChI=1S/C18H25NO3/c1-5-8-22-16-7-6-15(10-17(16)21-4)18(20)19-11-13(2)9-14(3)12-19/h5-7,10,13-14H,1,8-9,11-12H2,2-4H3. The van der Waals surface area contributed by atoms with Crippen LogP contribution in [0.15, 0.2) is 30.9 Å². The summed E-state index contributed by atoms with van der Waals surface area (Å²) >= 11 is 0. The number of hydrogen-bond donors (Lipinski definition) is 0. The number of likely N-dealkylation sites (tertiary alicyclic amines) is 1. The van der Waals surface area contributed by atoms with Gasteiger partial charge in [0, 0.05) is 18.7 Å². The number of piperidine rings is 1. The fourth-order valence-corrected chi connectivity index (χ4v) is 3.08. The normalized spacial score (nSPS) is 21.3. The fourth-order valence-electron chi connectivity index (χ4n) is 3.08. The van der Waals surface area contributed by atoms with Crippen LogP contribution in [0.1, 0.15) is 30.6 Å². The second-order valence-electron chi connectivity index (χ2n) is 6.12. The number of carbonyl (C=O) groups is 1. The number of rotatable bonds is 5. The number of ether oxygens (including phenoxy) is 2. The van der Waals surface area contributed by atoms with E-state index in [0.29, 0.717) is 35.5 Å². The Balaban J connectivity index is 2.17. The van der Waals surface area contributed by atoms with E-state index in [1.54, 1.807) is 31.4 Å². The van der Waals surface area contributed by atoms with Gasteiger partial charge in [0.25, 0.3) is 5.91 Å². The van der Waals surface area contributed by atoms with Gasteiger partial charge in [0.2, 0.25) is 0 Å². The molecule has 0 spiro atoms. The second-order valence-corrected chi connectivity index (χ2v) is 6.12. The lowest BCUT2D eigenvalue weighted by Gasteiger charge is -2.35. The zero-order chi connectivity index (χ0) is 16.1. The van der Waals surface area contributed by atoms with Crippen LogP contribution in [0, 0.1) is 11.8 Å². The van der Waals surface area contributed by atoms with Gasteiger partial charge < -0.3 is 14.4 Å². The van der Waals surface area contributed by atoms with Crippen molar-refractivity contribution in [3.63, 3.8) is 0 Å². The van der Waals surface area contributed by atoms with Gasteiger partial charge in [-0.05, 0) is 36.5 Å². The maximum Gasteiger partial charge on any atom is 0.254 e. The zero-order valence-electron chi connectivity index (χ0n) is 13.7. The first-order valence-corrected chi connectivity index (χ1v) is 7.76. The second kappa shape index (κ2) is 7.34. The molecule has 1 aromatic rings. The van der Waals surface area contributed by atoms with Crippen LogP contribution in [0.4, 0.5) is 0 Å². The van der Waals surface area contributed by atoms with E-state index in [2.05, 4.69) is 20.4 Å². The van der Waals surface area contributed by atoms with Crippen molar-refractivity contribution in [2.75, 3.05) is 26.8 Å². The van der Waals surface area contributed by atoms with Gasteiger partial charge in [-0.15, -0.1) is 0 Å². The monoisotopic (exact) mass is 303 g/mol. The van der Waals surface area contributed by atoms with Gasteiger partial charge in [-0.1, -0.05) is 26.5 Å². The van der Waals surface area contributed by atoms with Crippen molar-refractivity contribution in [1.82, 2.24) is 4.90 Å². The first-order valence-electron chi connectivity index (χ1n) is 7.76. The fraction of sp³-hybridized carbons (Fsp3) is 0.500. The van der Waals surface area contributed by atoms with E-state index < -0.39 is 0 Å². The molecule has 0 saturated carbocycles. The number of carbonyl (C=O) groups excluding carboxylic acids is 1. The summed E-state index contributed by atoms with van der Waals surface area (Å²) in [5, 5.41) is 0. The molecular formula is C18H25NO3. The summed E-state index contributed by atoms with van der Waals surface area (Å²) in [5.41, 5.74) is 0.643. The molecule has 0 N–H and O–H groups in total. The van der Waals surface area contributed by atoms with Crippen molar-refractivity contribution < 1.29 is 14.3 Å². The van der Waals surface area contributed by atoms with Gasteiger partial charge >= 0.3 is 0 Å². The molecule has 2 unspecified atom stereocenters. The van der Waals surface area contributed by atoms with E-state index in [4.69, 9.17) is 9.47 Å². The van der Waals surface area contributed by atoms with Gasteiger partial charge in [-0.3, -0.25) is 4.79 Å². The summed E-state index contributed by atoms with van der Waals surface area (Å²) in [6.45, 7) is 10.1. The van der Waals surface area contributed by atoms with Crippen molar-refractivity contribution in [1.29, 1.82) is 0 Å². The summed E-state index contributed by atoms with van der Waals surface area (Å²) in [4.78, 5) is 14.6. The Kier molecular flexibility index (Phi) is 5.47. The first-order chi connectivity index (χ1) is 10.5. The number of amides is 1. The van der Waals surface area contributed by atoms with Crippen LogP contribution in [0.3, 0.4) is 0 Å².